The van der Waals surface area contributed by atoms with Crippen molar-refractivity contribution in [1.82, 2.24) is 9.88 Å². The number of carbonyl (C=O) groups is 2. The van der Waals surface area contributed by atoms with E-state index in [1.165, 1.54) is 18.3 Å². The molecule has 1 amide bonds. The maximum Gasteiger partial charge on any atom is 0.339 e. The molecule has 2 heterocycles. The van der Waals surface area contributed by atoms with Gasteiger partial charge in [-0.1, -0.05) is 0 Å². The zero-order valence-electron chi connectivity index (χ0n) is 15.5. The van der Waals surface area contributed by atoms with E-state index in [2.05, 4.69) is 25.8 Å². The minimum atomic E-state index is -0.436. The molecule has 148 valence electrons. The van der Waals surface area contributed by atoms with Crippen molar-refractivity contribution in [3.63, 3.8) is 0 Å². The summed E-state index contributed by atoms with van der Waals surface area (Å²) < 4.78 is 19.1. The SMILES string of the molecule is CCOC(=O)c1ccc(N2CCCN(C(=O)c3cc(F)ccc3Br)CC2)nc1. The van der Waals surface area contributed by atoms with Crippen LogP contribution < -0.4 is 4.90 Å². The first kappa shape index (κ1) is 20.3. The summed E-state index contributed by atoms with van der Waals surface area (Å²) in [5.41, 5.74) is 0.735. The summed E-state index contributed by atoms with van der Waals surface area (Å²) in [4.78, 5) is 32.7. The van der Waals surface area contributed by atoms with Gasteiger partial charge in [-0.2, -0.15) is 0 Å². The first-order valence-electron chi connectivity index (χ1n) is 9.12. The third kappa shape index (κ3) is 4.67. The third-order valence-electron chi connectivity index (χ3n) is 4.52. The van der Waals surface area contributed by atoms with Crippen molar-refractivity contribution >= 4 is 33.6 Å². The molecule has 0 N–H and O–H groups in total. The number of hydrogen-bond donors (Lipinski definition) is 0. The molecule has 8 heteroatoms. The second-order valence-electron chi connectivity index (χ2n) is 6.38. The Balaban J connectivity index is 1.67. The molecule has 1 saturated heterocycles. The lowest BCUT2D eigenvalue weighted by Gasteiger charge is -2.23. The van der Waals surface area contributed by atoms with Gasteiger partial charge in [0.05, 0.1) is 17.7 Å². The number of anilines is 1. The van der Waals surface area contributed by atoms with Crippen LogP contribution in [0.25, 0.3) is 0 Å². The van der Waals surface area contributed by atoms with Crippen molar-refractivity contribution in [1.29, 1.82) is 0 Å². The summed E-state index contributed by atoms with van der Waals surface area (Å²) in [5.74, 6) is -0.281. The number of rotatable bonds is 4. The summed E-state index contributed by atoms with van der Waals surface area (Å²) in [5, 5.41) is 0. The molecule has 0 radical (unpaired) electrons. The van der Waals surface area contributed by atoms with E-state index in [-0.39, 0.29) is 5.91 Å². The number of esters is 1. The predicted molar refractivity (Wildman–Crippen MR) is 107 cm³/mol. The quantitative estimate of drug-likeness (QED) is 0.668. The molecule has 1 aromatic carbocycles. The van der Waals surface area contributed by atoms with Gasteiger partial charge in [0.2, 0.25) is 0 Å². The maximum absolute atomic E-state index is 13.5. The van der Waals surface area contributed by atoms with Gasteiger partial charge in [0, 0.05) is 36.8 Å². The molecule has 0 saturated carbocycles. The molecule has 6 nitrogen and oxygen atoms in total. The van der Waals surface area contributed by atoms with Gasteiger partial charge in [-0.3, -0.25) is 4.79 Å². The first-order valence-corrected chi connectivity index (χ1v) is 9.91. The molecule has 0 unspecified atom stereocenters. The smallest absolute Gasteiger partial charge is 0.339 e. The number of hydrogen-bond acceptors (Lipinski definition) is 5. The van der Waals surface area contributed by atoms with Crippen LogP contribution in [0.3, 0.4) is 0 Å². The van der Waals surface area contributed by atoms with Crippen molar-refractivity contribution in [2.75, 3.05) is 37.7 Å². The normalized spacial score (nSPS) is 14.5. The van der Waals surface area contributed by atoms with Crippen LogP contribution in [-0.2, 0) is 4.74 Å². The standard InChI is InChI=1S/C20H21BrFN3O3/c1-2-28-20(27)14-4-7-18(23-13-14)24-8-3-9-25(11-10-24)19(26)16-12-15(22)5-6-17(16)21/h4-7,12-13H,2-3,8-11H2,1H3. The molecule has 1 aromatic heterocycles. The van der Waals surface area contributed by atoms with Gasteiger partial charge in [0.25, 0.3) is 5.91 Å². The molecule has 0 atom stereocenters. The Morgan fingerprint density at radius 3 is 2.71 bits per heavy atom. The van der Waals surface area contributed by atoms with Crippen LogP contribution in [0.2, 0.25) is 0 Å². The summed E-state index contributed by atoms with van der Waals surface area (Å²) >= 11 is 3.32. The Kier molecular flexibility index (Phi) is 6.61. The number of halogens is 2. The molecule has 1 aliphatic heterocycles. The monoisotopic (exact) mass is 449 g/mol. The average Bonchev–Trinajstić information content (AvgIpc) is 2.96. The predicted octanol–water partition coefficient (Wildman–Crippen LogP) is 3.51. The fraction of sp³-hybridized carbons (Fsp3) is 0.350. The highest BCUT2D eigenvalue weighted by atomic mass is 79.9. The van der Waals surface area contributed by atoms with Crippen LogP contribution in [0.15, 0.2) is 41.0 Å². The summed E-state index contributed by atoms with van der Waals surface area (Å²) in [6.07, 6.45) is 2.27. The number of aromatic nitrogens is 1. The van der Waals surface area contributed by atoms with Crippen LogP contribution in [0.5, 0.6) is 0 Å². The first-order chi connectivity index (χ1) is 13.5. The zero-order chi connectivity index (χ0) is 20.1. The Labute approximate surface area is 171 Å². The summed E-state index contributed by atoms with van der Waals surface area (Å²) in [7, 11) is 0. The van der Waals surface area contributed by atoms with Crippen LogP contribution in [0.4, 0.5) is 10.2 Å². The van der Waals surface area contributed by atoms with E-state index in [1.807, 2.05) is 0 Å². The zero-order valence-corrected chi connectivity index (χ0v) is 17.1. The molecule has 2 aromatic rings. The fourth-order valence-corrected chi connectivity index (χ4v) is 3.51. The van der Waals surface area contributed by atoms with Gasteiger partial charge in [-0.05, 0) is 59.6 Å². The van der Waals surface area contributed by atoms with Crippen LogP contribution in [0, 0.1) is 5.82 Å². The van der Waals surface area contributed by atoms with E-state index in [1.54, 1.807) is 30.0 Å². The second kappa shape index (κ2) is 9.14. The summed E-state index contributed by atoms with van der Waals surface area (Å²) in [6, 6.07) is 7.59. The van der Waals surface area contributed by atoms with Crippen molar-refractivity contribution < 1.29 is 18.7 Å². The number of amides is 1. The number of pyridine rings is 1. The van der Waals surface area contributed by atoms with E-state index < -0.39 is 11.8 Å². The summed E-state index contributed by atoms with van der Waals surface area (Å²) in [6.45, 7) is 4.50. The second-order valence-corrected chi connectivity index (χ2v) is 7.24. The van der Waals surface area contributed by atoms with Crippen LogP contribution >= 0.6 is 15.9 Å². The van der Waals surface area contributed by atoms with Crippen molar-refractivity contribution in [2.45, 2.75) is 13.3 Å². The lowest BCUT2D eigenvalue weighted by molar-refractivity contribution is 0.0525. The molecular weight excluding hydrogens is 429 g/mol. The largest absolute Gasteiger partial charge is 0.462 e. The molecule has 1 fully saturated rings. The van der Waals surface area contributed by atoms with Crippen LogP contribution in [0.1, 0.15) is 34.1 Å². The average molecular weight is 450 g/mol. The van der Waals surface area contributed by atoms with Gasteiger partial charge in [0.15, 0.2) is 0 Å². The number of benzene rings is 1. The van der Waals surface area contributed by atoms with Gasteiger partial charge in [0.1, 0.15) is 11.6 Å². The van der Waals surface area contributed by atoms with Gasteiger partial charge in [-0.15, -0.1) is 0 Å². The van der Waals surface area contributed by atoms with E-state index in [4.69, 9.17) is 4.74 Å². The van der Waals surface area contributed by atoms with Crippen molar-refractivity contribution in [3.8, 4) is 0 Å². The minimum Gasteiger partial charge on any atom is -0.462 e. The van der Waals surface area contributed by atoms with Crippen molar-refractivity contribution in [2.24, 2.45) is 0 Å². The van der Waals surface area contributed by atoms with E-state index in [9.17, 15) is 14.0 Å². The molecule has 0 bridgehead atoms. The van der Waals surface area contributed by atoms with E-state index >= 15 is 0 Å². The lowest BCUT2D eigenvalue weighted by atomic mass is 10.2. The van der Waals surface area contributed by atoms with Crippen LogP contribution in [-0.4, -0.2) is 54.5 Å². The highest BCUT2D eigenvalue weighted by molar-refractivity contribution is 9.10. The molecule has 3 rings (SSSR count). The minimum absolute atomic E-state index is 0.196. The Bertz CT molecular complexity index is 860. The number of carbonyl (C=O) groups excluding carboxylic acids is 2. The third-order valence-corrected chi connectivity index (χ3v) is 5.22. The van der Waals surface area contributed by atoms with E-state index in [0.29, 0.717) is 41.8 Å². The molecular formula is C20H21BrFN3O3. The van der Waals surface area contributed by atoms with Gasteiger partial charge in [-0.25, -0.2) is 14.2 Å². The Hall–Kier alpha value is -2.48. The Morgan fingerprint density at radius 2 is 2.00 bits per heavy atom. The molecule has 0 spiro atoms. The molecule has 28 heavy (non-hydrogen) atoms. The molecule has 1 aliphatic rings. The topological polar surface area (TPSA) is 62.7 Å². The van der Waals surface area contributed by atoms with Gasteiger partial charge >= 0.3 is 5.97 Å². The number of ether oxygens (including phenoxy) is 1. The lowest BCUT2D eigenvalue weighted by Crippen LogP contribution is -2.35. The molecule has 0 aliphatic carbocycles. The maximum atomic E-state index is 13.5. The fourth-order valence-electron chi connectivity index (χ4n) is 3.09. The van der Waals surface area contributed by atoms with Gasteiger partial charge < -0.3 is 14.5 Å². The Morgan fingerprint density at radius 1 is 1.18 bits per heavy atom. The highest BCUT2D eigenvalue weighted by Crippen LogP contribution is 2.21. The van der Waals surface area contributed by atoms with Crippen molar-refractivity contribution in [3.05, 3.63) is 57.9 Å². The highest BCUT2D eigenvalue weighted by Gasteiger charge is 2.23. The van der Waals surface area contributed by atoms with E-state index in [0.717, 1.165) is 18.8 Å². The number of nitrogens with zero attached hydrogens (tertiary/aromatic N) is 3.